The third kappa shape index (κ3) is 8.04. The molecule has 0 aliphatic carbocycles. The fourth-order valence-corrected chi connectivity index (χ4v) is 4.80. The first kappa shape index (κ1) is 31.4. The number of carbonyl (C=O) groups excluding carboxylic acids is 1. The molecule has 5 nitrogen and oxygen atoms in total. The van der Waals surface area contributed by atoms with Crippen LogP contribution in [-0.2, 0) is 6.42 Å². The van der Waals surface area contributed by atoms with Crippen molar-refractivity contribution in [2.45, 2.75) is 84.8 Å². The molecule has 3 aromatic carbocycles. The smallest absolute Gasteiger partial charge is 0.252 e. The summed E-state index contributed by atoms with van der Waals surface area (Å²) in [5.41, 5.74) is 3.47. The number of ether oxygens (including phenoxy) is 2. The highest BCUT2D eigenvalue weighted by Crippen LogP contribution is 2.33. The van der Waals surface area contributed by atoms with Gasteiger partial charge in [-0.1, -0.05) is 67.9 Å². The van der Waals surface area contributed by atoms with Crippen LogP contribution in [0, 0.1) is 0 Å². The number of nitrogens with one attached hydrogen (secondary N) is 1. The largest absolute Gasteiger partial charge is 0.488 e. The van der Waals surface area contributed by atoms with Crippen molar-refractivity contribution in [3.63, 3.8) is 0 Å². The van der Waals surface area contributed by atoms with Crippen molar-refractivity contribution in [3.05, 3.63) is 88.9 Å². The van der Waals surface area contributed by atoms with Gasteiger partial charge in [0.25, 0.3) is 5.91 Å². The molecule has 1 amide bonds. The van der Waals surface area contributed by atoms with Crippen molar-refractivity contribution in [1.82, 2.24) is 10.3 Å². The molecule has 1 aromatic heterocycles. The number of amides is 1. The van der Waals surface area contributed by atoms with Gasteiger partial charge in [-0.15, -0.1) is 0 Å². The van der Waals surface area contributed by atoms with Gasteiger partial charge in [-0.3, -0.25) is 4.79 Å². The lowest BCUT2D eigenvalue weighted by molar-refractivity contribution is 0.0942. The number of rotatable bonds is 13. The predicted molar refractivity (Wildman–Crippen MR) is 174 cm³/mol. The summed E-state index contributed by atoms with van der Waals surface area (Å²) in [5, 5.41) is 4.54. The Morgan fingerprint density at radius 2 is 1.55 bits per heavy atom. The third-order valence-electron chi connectivity index (χ3n) is 7.79. The zero-order chi connectivity index (χ0) is 30.3. The van der Waals surface area contributed by atoms with E-state index < -0.39 is 0 Å². The monoisotopic (exact) mass is 586 g/mol. The van der Waals surface area contributed by atoms with Crippen LogP contribution in [0.3, 0.4) is 0 Å². The molecule has 0 saturated heterocycles. The van der Waals surface area contributed by atoms with E-state index in [1.165, 1.54) is 0 Å². The van der Waals surface area contributed by atoms with E-state index in [4.69, 9.17) is 26.1 Å². The highest BCUT2D eigenvalue weighted by Gasteiger charge is 2.22. The molecular formula is C36H43ClN2O3. The molecule has 0 bridgehead atoms. The van der Waals surface area contributed by atoms with E-state index in [1.54, 1.807) is 0 Å². The van der Waals surface area contributed by atoms with Gasteiger partial charge in [0.2, 0.25) is 0 Å². The lowest BCUT2D eigenvalue weighted by Crippen LogP contribution is -2.28. The van der Waals surface area contributed by atoms with E-state index >= 15 is 0 Å². The Morgan fingerprint density at radius 3 is 2.29 bits per heavy atom. The average Bonchev–Trinajstić information content (AvgIpc) is 2.97. The van der Waals surface area contributed by atoms with Crippen molar-refractivity contribution in [2.24, 2.45) is 0 Å². The van der Waals surface area contributed by atoms with E-state index in [9.17, 15) is 4.79 Å². The number of nitrogens with zero attached hydrogens (tertiary/aromatic N) is 1. The molecule has 0 atom stereocenters. The summed E-state index contributed by atoms with van der Waals surface area (Å²) >= 11 is 6.45. The molecule has 0 radical (unpaired) electrons. The van der Waals surface area contributed by atoms with Gasteiger partial charge < -0.3 is 14.8 Å². The Labute approximate surface area is 255 Å². The number of aromatic nitrogens is 1. The highest BCUT2D eigenvalue weighted by molar-refractivity contribution is 6.33. The van der Waals surface area contributed by atoms with Crippen LogP contribution in [0.4, 0.5) is 0 Å². The maximum atomic E-state index is 13.4. The van der Waals surface area contributed by atoms with E-state index in [0.717, 1.165) is 65.6 Å². The van der Waals surface area contributed by atoms with Crippen molar-refractivity contribution < 1.29 is 14.3 Å². The van der Waals surface area contributed by atoms with Crippen molar-refractivity contribution in [2.75, 3.05) is 6.54 Å². The standard InChI is InChI=1S/C36H43ClN2O3/c1-7-35(3,4)41-26-21-20-25(33(23-26)42-36(5,6)8-2)15-13-14-22-38-34(40)29-24-32(28-17-9-11-18-30(28)37)39-31-19-12-10-16-27(29)31/h9-12,16-21,23-24H,7-8,13-15,22H2,1-6H3,(H,38,40). The van der Waals surface area contributed by atoms with Crippen molar-refractivity contribution in [1.29, 1.82) is 0 Å². The summed E-state index contributed by atoms with van der Waals surface area (Å²) in [6, 6.07) is 23.3. The van der Waals surface area contributed by atoms with Gasteiger partial charge in [0.1, 0.15) is 22.7 Å². The molecule has 0 aliphatic heterocycles. The normalized spacial score (nSPS) is 11.9. The molecule has 6 heteroatoms. The fourth-order valence-electron chi connectivity index (χ4n) is 4.57. The number of unbranched alkanes of at least 4 members (excludes halogenated alkanes) is 1. The van der Waals surface area contributed by atoms with Crippen LogP contribution in [0.25, 0.3) is 22.2 Å². The van der Waals surface area contributed by atoms with Gasteiger partial charge in [0.15, 0.2) is 0 Å². The second-order valence-corrected chi connectivity index (χ2v) is 12.4. The van der Waals surface area contributed by atoms with Gasteiger partial charge in [0, 0.05) is 28.6 Å². The van der Waals surface area contributed by atoms with E-state index in [-0.39, 0.29) is 17.1 Å². The first-order valence-electron chi connectivity index (χ1n) is 15.0. The molecule has 0 unspecified atom stereocenters. The molecule has 0 spiro atoms. The van der Waals surface area contributed by atoms with Crippen LogP contribution >= 0.6 is 11.6 Å². The van der Waals surface area contributed by atoms with Crippen molar-refractivity contribution >= 4 is 28.4 Å². The summed E-state index contributed by atoms with van der Waals surface area (Å²) < 4.78 is 12.7. The number of carbonyl (C=O) groups is 1. The van der Waals surface area contributed by atoms with Gasteiger partial charge in [-0.05, 0) is 89.6 Å². The zero-order valence-electron chi connectivity index (χ0n) is 25.7. The van der Waals surface area contributed by atoms with Gasteiger partial charge in [0.05, 0.1) is 16.8 Å². The first-order valence-corrected chi connectivity index (χ1v) is 15.3. The predicted octanol–water partition coefficient (Wildman–Crippen LogP) is 9.44. The van der Waals surface area contributed by atoms with Gasteiger partial charge in [-0.2, -0.15) is 0 Å². The number of hydrogen-bond donors (Lipinski definition) is 1. The molecule has 0 aliphatic rings. The minimum absolute atomic E-state index is 0.115. The van der Waals surface area contributed by atoms with Crippen LogP contribution in [0.1, 0.15) is 83.1 Å². The molecule has 1 heterocycles. The lowest BCUT2D eigenvalue weighted by atomic mass is 10.0. The molecule has 4 aromatic rings. The number of aryl methyl sites for hydroxylation is 1. The maximum Gasteiger partial charge on any atom is 0.252 e. The zero-order valence-corrected chi connectivity index (χ0v) is 26.5. The fraction of sp³-hybridized carbons (Fsp3) is 0.389. The summed E-state index contributed by atoms with van der Waals surface area (Å²) in [5.74, 6) is 1.57. The Morgan fingerprint density at radius 1 is 0.857 bits per heavy atom. The summed E-state index contributed by atoms with van der Waals surface area (Å²) in [7, 11) is 0. The van der Waals surface area contributed by atoms with Crippen LogP contribution in [0.15, 0.2) is 72.8 Å². The highest BCUT2D eigenvalue weighted by atomic mass is 35.5. The van der Waals surface area contributed by atoms with Crippen molar-refractivity contribution in [3.8, 4) is 22.8 Å². The number of para-hydroxylation sites is 1. The molecule has 42 heavy (non-hydrogen) atoms. The minimum Gasteiger partial charge on any atom is -0.488 e. The molecule has 222 valence electrons. The van der Waals surface area contributed by atoms with E-state index in [2.05, 4.69) is 52.9 Å². The molecule has 0 fully saturated rings. The van der Waals surface area contributed by atoms with Crippen LogP contribution in [0.2, 0.25) is 5.02 Å². The molecule has 0 saturated carbocycles. The molecule has 1 N–H and O–H groups in total. The second-order valence-electron chi connectivity index (χ2n) is 12.0. The minimum atomic E-state index is -0.280. The van der Waals surface area contributed by atoms with Gasteiger partial charge >= 0.3 is 0 Å². The number of halogens is 1. The van der Waals surface area contributed by atoms with Crippen LogP contribution in [0.5, 0.6) is 11.5 Å². The van der Waals surface area contributed by atoms with Crippen LogP contribution in [-0.4, -0.2) is 28.6 Å². The number of pyridine rings is 1. The summed E-state index contributed by atoms with van der Waals surface area (Å²) in [6.45, 7) is 13.2. The number of hydrogen-bond acceptors (Lipinski definition) is 4. The SMILES string of the molecule is CCC(C)(C)Oc1ccc(CCCCNC(=O)c2cc(-c3ccccc3Cl)nc3ccccc23)c(OC(C)(C)CC)c1. The van der Waals surface area contributed by atoms with E-state index in [1.807, 2.05) is 66.7 Å². The number of fused-ring (bicyclic) bond motifs is 1. The summed E-state index contributed by atoms with van der Waals surface area (Å²) in [4.78, 5) is 18.2. The maximum absolute atomic E-state index is 13.4. The Hall–Kier alpha value is -3.57. The topological polar surface area (TPSA) is 60.5 Å². The first-order chi connectivity index (χ1) is 20.0. The summed E-state index contributed by atoms with van der Waals surface area (Å²) in [6.07, 6.45) is 4.40. The van der Waals surface area contributed by atoms with Crippen LogP contribution < -0.4 is 14.8 Å². The Bertz CT molecular complexity index is 1530. The number of benzene rings is 3. The quantitative estimate of drug-likeness (QED) is 0.158. The molecule has 4 rings (SSSR count). The van der Waals surface area contributed by atoms with E-state index in [0.29, 0.717) is 22.8 Å². The second kappa shape index (κ2) is 13.6. The average molecular weight is 587 g/mol. The van der Waals surface area contributed by atoms with Gasteiger partial charge in [-0.25, -0.2) is 4.98 Å². The Kier molecular flexibility index (Phi) is 10.2. The Balaban J connectivity index is 1.43. The third-order valence-corrected chi connectivity index (χ3v) is 8.12. The molecular weight excluding hydrogens is 544 g/mol. The lowest BCUT2D eigenvalue weighted by Gasteiger charge is -2.29.